The van der Waals surface area contributed by atoms with Gasteiger partial charge >= 0.3 is 0 Å². The van der Waals surface area contributed by atoms with Crippen LogP contribution < -0.4 is 10.9 Å². The van der Waals surface area contributed by atoms with Crippen molar-refractivity contribution in [3.8, 4) is 6.07 Å². The molecule has 1 aromatic rings. The van der Waals surface area contributed by atoms with Crippen LogP contribution in [0.4, 0.5) is 0 Å². The third-order valence-corrected chi connectivity index (χ3v) is 2.46. The second kappa shape index (κ2) is 3.38. The third-order valence-electron chi connectivity index (χ3n) is 2.46. The lowest BCUT2D eigenvalue weighted by Crippen LogP contribution is -2.22. The average Bonchev–Trinajstić information content (AvgIpc) is 2.17. The number of benzene rings is 1. The Morgan fingerprint density at radius 1 is 1.29 bits per heavy atom. The van der Waals surface area contributed by atoms with Crippen molar-refractivity contribution in [1.82, 2.24) is 0 Å². The highest BCUT2D eigenvalue weighted by Gasteiger charge is 2.13. The van der Waals surface area contributed by atoms with E-state index >= 15 is 0 Å². The molecular weight excluding hydrogens is 168 g/mol. The molecule has 1 nitrogen and oxygen atoms in total. The molecule has 0 saturated heterocycles. The Balaban J connectivity index is 2.67. The summed E-state index contributed by atoms with van der Waals surface area (Å²) in [5.74, 6) is 0. The summed E-state index contributed by atoms with van der Waals surface area (Å²) >= 11 is 0. The lowest BCUT2D eigenvalue weighted by molar-refractivity contribution is 0.989. The number of nitriles is 1. The fourth-order valence-corrected chi connectivity index (χ4v) is 1.81. The smallest absolute Gasteiger partial charge is 0.114 e. The zero-order valence-corrected chi connectivity index (χ0v) is 7.75. The highest BCUT2D eigenvalue weighted by molar-refractivity contribution is 6.39. The second-order valence-corrected chi connectivity index (χ2v) is 3.40. The van der Waals surface area contributed by atoms with Gasteiger partial charge in [0.15, 0.2) is 0 Å². The molecule has 2 rings (SSSR count). The van der Waals surface area contributed by atoms with Crippen LogP contribution >= 0.6 is 0 Å². The first-order valence-corrected chi connectivity index (χ1v) is 4.51. The van der Waals surface area contributed by atoms with Gasteiger partial charge in [-0.3, -0.25) is 0 Å². The topological polar surface area (TPSA) is 23.8 Å². The number of allylic oxidation sites excluding steroid dienone is 2. The molecule has 0 amide bonds. The minimum Gasteiger partial charge on any atom is -0.192 e. The van der Waals surface area contributed by atoms with E-state index in [1.165, 1.54) is 0 Å². The predicted octanol–water partition coefficient (Wildman–Crippen LogP) is 0.127. The van der Waals surface area contributed by atoms with Crippen LogP contribution in [0.3, 0.4) is 0 Å². The lowest BCUT2D eigenvalue weighted by atomic mass is 9.76. The van der Waals surface area contributed by atoms with Crippen molar-refractivity contribution in [2.24, 2.45) is 0 Å². The average molecular weight is 175 g/mol. The number of rotatable bonds is 0. The van der Waals surface area contributed by atoms with Crippen LogP contribution in [0.25, 0.3) is 5.57 Å². The highest BCUT2D eigenvalue weighted by Crippen LogP contribution is 2.23. The number of nitrogens with zero attached hydrogens (tertiary/aromatic N) is 1. The van der Waals surface area contributed by atoms with Crippen LogP contribution in [0, 0.1) is 11.3 Å². The maximum atomic E-state index is 8.92. The van der Waals surface area contributed by atoms with Gasteiger partial charge in [-0.15, -0.1) is 0 Å². The minimum atomic E-state index is 0.615. The van der Waals surface area contributed by atoms with Gasteiger partial charge in [0.1, 0.15) is 15.7 Å². The molecule has 0 fully saturated rings. The summed E-state index contributed by atoms with van der Waals surface area (Å²) in [6.07, 6.45) is 3.71. The third kappa shape index (κ3) is 1.37. The summed E-state index contributed by atoms with van der Waals surface area (Å²) in [4.78, 5) is 0. The van der Waals surface area contributed by atoms with Crippen LogP contribution in [0.5, 0.6) is 0 Å². The van der Waals surface area contributed by atoms with E-state index in [0.29, 0.717) is 16.5 Å². The molecule has 0 saturated carbocycles. The van der Waals surface area contributed by atoms with E-state index in [2.05, 4.69) is 6.07 Å². The maximum Gasteiger partial charge on any atom is 0.114 e. The SMILES string of the molecule is [B]c1cc([B])c2c(c1)C(C#N)=CCC2. The van der Waals surface area contributed by atoms with Crippen LogP contribution in [-0.4, -0.2) is 15.7 Å². The van der Waals surface area contributed by atoms with Crippen molar-refractivity contribution < 1.29 is 0 Å². The van der Waals surface area contributed by atoms with E-state index in [4.69, 9.17) is 21.0 Å². The zero-order chi connectivity index (χ0) is 10.1. The van der Waals surface area contributed by atoms with Crippen LogP contribution in [0.2, 0.25) is 0 Å². The molecule has 14 heavy (non-hydrogen) atoms. The molecule has 62 valence electrons. The fourth-order valence-electron chi connectivity index (χ4n) is 1.81. The molecule has 0 bridgehead atoms. The Morgan fingerprint density at radius 2 is 2.07 bits per heavy atom. The quantitative estimate of drug-likeness (QED) is 0.513. The Kier molecular flexibility index (Phi) is 2.21. The molecule has 0 atom stereocenters. The summed E-state index contributed by atoms with van der Waals surface area (Å²) in [6.45, 7) is 0. The number of fused-ring (bicyclic) bond motifs is 1. The first kappa shape index (κ1) is 9.15. The van der Waals surface area contributed by atoms with E-state index in [9.17, 15) is 0 Å². The van der Waals surface area contributed by atoms with Gasteiger partial charge in [-0.1, -0.05) is 29.1 Å². The first-order valence-electron chi connectivity index (χ1n) is 4.51. The Morgan fingerprint density at radius 3 is 2.79 bits per heavy atom. The summed E-state index contributed by atoms with van der Waals surface area (Å²) in [7, 11) is 11.5. The number of hydrogen-bond donors (Lipinski definition) is 0. The van der Waals surface area contributed by atoms with Crippen LogP contribution in [-0.2, 0) is 6.42 Å². The van der Waals surface area contributed by atoms with E-state index in [0.717, 1.165) is 24.0 Å². The molecule has 1 aromatic carbocycles. The van der Waals surface area contributed by atoms with Gasteiger partial charge in [-0.05, 0) is 24.0 Å². The Labute approximate surface area is 86.3 Å². The van der Waals surface area contributed by atoms with E-state index < -0.39 is 0 Å². The van der Waals surface area contributed by atoms with Crippen LogP contribution in [0.1, 0.15) is 17.5 Å². The maximum absolute atomic E-state index is 8.92. The van der Waals surface area contributed by atoms with Gasteiger partial charge in [0.25, 0.3) is 0 Å². The standard InChI is InChI=1S/C11H7B2N/c12-8-4-10-7(6-14)2-1-3-9(10)11(13)5-8/h2,4-5H,1,3H2. The van der Waals surface area contributed by atoms with Crippen LogP contribution in [0.15, 0.2) is 18.2 Å². The highest BCUT2D eigenvalue weighted by atomic mass is 14.3. The van der Waals surface area contributed by atoms with Gasteiger partial charge in [-0.25, -0.2) is 0 Å². The summed E-state index contributed by atoms with van der Waals surface area (Å²) in [6, 6.07) is 5.73. The summed E-state index contributed by atoms with van der Waals surface area (Å²) in [5.41, 5.74) is 3.95. The van der Waals surface area contributed by atoms with Gasteiger partial charge in [0.2, 0.25) is 0 Å². The zero-order valence-electron chi connectivity index (χ0n) is 7.75. The van der Waals surface area contributed by atoms with E-state index in [1.807, 2.05) is 12.1 Å². The van der Waals surface area contributed by atoms with Crippen molar-refractivity contribution in [3.63, 3.8) is 0 Å². The Bertz CT molecular complexity index is 455. The van der Waals surface area contributed by atoms with Crippen molar-refractivity contribution in [2.45, 2.75) is 12.8 Å². The van der Waals surface area contributed by atoms with Crippen molar-refractivity contribution >= 4 is 32.2 Å². The van der Waals surface area contributed by atoms with E-state index in [-0.39, 0.29) is 0 Å². The first-order chi connectivity index (χ1) is 6.72. The van der Waals surface area contributed by atoms with Gasteiger partial charge in [0, 0.05) is 0 Å². The molecule has 0 N–H and O–H groups in total. The molecule has 0 aliphatic heterocycles. The molecule has 1 aliphatic carbocycles. The van der Waals surface area contributed by atoms with Gasteiger partial charge in [0.05, 0.1) is 11.6 Å². The molecule has 4 radical (unpaired) electrons. The molecule has 0 unspecified atom stereocenters. The fraction of sp³-hybridized carbons (Fsp3) is 0.182. The second-order valence-electron chi connectivity index (χ2n) is 3.40. The molecule has 0 spiro atoms. The van der Waals surface area contributed by atoms with Crippen molar-refractivity contribution in [1.29, 1.82) is 5.26 Å². The van der Waals surface area contributed by atoms with E-state index in [1.54, 1.807) is 6.07 Å². The molecule has 1 aliphatic rings. The van der Waals surface area contributed by atoms with Crippen molar-refractivity contribution in [2.75, 3.05) is 0 Å². The normalized spacial score (nSPS) is 14.1. The molecule has 0 aromatic heterocycles. The molecule has 0 heterocycles. The molecule has 3 heteroatoms. The minimum absolute atomic E-state index is 0.615. The summed E-state index contributed by atoms with van der Waals surface area (Å²) < 4.78 is 0. The lowest BCUT2D eigenvalue weighted by Gasteiger charge is -2.17. The van der Waals surface area contributed by atoms with Gasteiger partial charge < -0.3 is 0 Å². The Hall–Kier alpha value is -1.42. The monoisotopic (exact) mass is 175 g/mol. The largest absolute Gasteiger partial charge is 0.192 e. The predicted molar refractivity (Wildman–Crippen MR) is 59.1 cm³/mol. The summed E-state index contributed by atoms with van der Waals surface area (Å²) in [5, 5.41) is 8.92. The van der Waals surface area contributed by atoms with Crippen molar-refractivity contribution in [3.05, 3.63) is 29.3 Å². The van der Waals surface area contributed by atoms with Gasteiger partial charge in [-0.2, -0.15) is 5.26 Å². The molecular formula is C11H7B2N. The number of hydrogen-bond acceptors (Lipinski definition) is 1.